The molecule has 0 radical (unpaired) electrons. The highest BCUT2D eigenvalue weighted by atomic mass is 16.5. The average Bonchev–Trinajstić information content (AvgIpc) is 3.28. The molecule has 0 saturated heterocycles. The van der Waals surface area contributed by atoms with E-state index in [9.17, 15) is 4.79 Å². The molecule has 0 aliphatic rings. The molecule has 0 aliphatic heterocycles. The Morgan fingerprint density at radius 1 is 0.969 bits per heavy atom. The Morgan fingerprint density at radius 3 is 2.53 bits per heavy atom. The van der Waals surface area contributed by atoms with Gasteiger partial charge >= 0.3 is 0 Å². The molecule has 4 rings (SSSR count). The molecular weight excluding hydrogens is 400 g/mol. The van der Waals surface area contributed by atoms with Crippen molar-refractivity contribution in [1.82, 2.24) is 19.9 Å². The Balaban J connectivity index is 1.76. The smallest absolute Gasteiger partial charge is 0.270 e. The highest BCUT2D eigenvalue weighted by Crippen LogP contribution is 2.30. The summed E-state index contributed by atoms with van der Waals surface area (Å²) >= 11 is 0. The third-order valence-corrected chi connectivity index (χ3v) is 5.43. The van der Waals surface area contributed by atoms with Gasteiger partial charge in [0.15, 0.2) is 5.65 Å². The zero-order valence-corrected chi connectivity index (χ0v) is 18.5. The summed E-state index contributed by atoms with van der Waals surface area (Å²) in [5.74, 6) is 0.547. The normalized spacial score (nSPS) is 10.9. The molecule has 6 heteroatoms. The molecular formula is C26H28N4O2. The molecule has 1 amide bonds. The second kappa shape index (κ2) is 10.1. The number of nitrogens with one attached hydrogen (secondary N) is 1. The van der Waals surface area contributed by atoms with E-state index in [2.05, 4.69) is 12.2 Å². The van der Waals surface area contributed by atoms with Crippen molar-refractivity contribution in [3.05, 3.63) is 72.4 Å². The minimum absolute atomic E-state index is 0.159. The third-order valence-electron chi connectivity index (χ3n) is 5.43. The van der Waals surface area contributed by atoms with E-state index in [1.54, 1.807) is 17.7 Å². The second-order valence-electron chi connectivity index (χ2n) is 7.71. The van der Waals surface area contributed by atoms with Crippen LogP contribution in [0, 0.1) is 0 Å². The summed E-state index contributed by atoms with van der Waals surface area (Å²) in [6.45, 7) is 2.81. The number of amides is 1. The zero-order valence-electron chi connectivity index (χ0n) is 18.5. The van der Waals surface area contributed by atoms with Crippen LogP contribution in [0.4, 0.5) is 0 Å². The number of rotatable bonds is 9. The van der Waals surface area contributed by atoms with Gasteiger partial charge in [-0.1, -0.05) is 68.7 Å². The molecule has 164 valence electrons. The van der Waals surface area contributed by atoms with Gasteiger partial charge in [0.05, 0.1) is 18.5 Å². The lowest BCUT2D eigenvalue weighted by Gasteiger charge is -2.11. The van der Waals surface area contributed by atoms with E-state index in [0.717, 1.165) is 36.1 Å². The first kappa shape index (κ1) is 21.6. The van der Waals surface area contributed by atoms with Crippen LogP contribution in [0.15, 0.2) is 66.7 Å². The van der Waals surface area contributed by atoms with E-state index in [4.69, 9.17) is 14.8 Å². The SMILES string of the molecule is CCCCCCNC(=O)c1cc(-c2ccccc2OC)nc2cc(-c3ccccc3)nn12. The van der Waals surface area contributed by atoms with Gasteiger partial charge in [-0.25, -0.2) is 9.50 Å². The molecule has 2 heterocycles. The second-order valence-corrected chi connectivity index (χ2v) is 7.71. The van der Waals surface area contributed by atoms with Gasteiger partial charge in [0.2, 0.25) is 0 Å². The molecule has 0 aliphatic carbocycles. The minimum atomic E-state index is -0.159. The van der Waals surface area contributed by atoms with E-state index >= 15 is 0 Å². The summed E-state index contributed by atoms with van der Waals surface area (Å²) < 4.78 is 7.15. The number of hydrogen-bond acceptors (Lipinski definition) is 4. The van der Waals surface area contributed by atoms with Gasteiger partial charge in [0.25, 0.3) is 5.91 Å². The number of nitrogens with zero attached hydrogens (tertiary/aromatic N) is 3. The number of benzene rings is 2. The Bertz CT molecular complexity index is 1200. The van der Waals surface area contributed by atoms with Crippen molar-refractivity contribution in [3.8, 4) is 28.3 Å². The molecule has 32 heavy (non-hydrogen) atoms. The summed E-state index contributed by atoms with van der Waals surface area (Å²) in [7, 11) is 1.63. The van der Waals surface area contributed by atoms with E-state index in [0.29, 0.717) is 29.3 Å². The fraction of sp³-hybridized carbons (Fsp3) is 0.269. The number of fused-ring (bicyclic) bond motifs is 1. The molecule has 0 saturated carbocycles. The maximum Gasteiger partial charge on any atom is 0.270 e. The van der Waals surface area contributed by atoms with Crippen LogP contribution in [0.5, 0.6) is 5.75 Å². The van der Waals surface area contributed by atoms with Gasteiger partial charge < -0.3 is 10.1 Å². The molecule has 0 fully saturated rings. The molecule has 0 atom stereocenters. The molecule has 0 bridgehead atoms. The van der Waals surface area contributed by atoms with Crippen LogP contribution in [0.3, 0.4) is 0 Å². The summed E-state index contributed by atoms with van der Waals surface area (Å²) in [6, 6.07) is 21.3. The van der Waals surface area contributed by atoms with Crippen LogP contribution in [-0.4, -0.2) is 34.2 Å². The Kier molecular flexibility index (Phi) is 6.80. The van der Waals surface area contributed by atoms with Crippen LogP contribution in [0.25, 0.3) is 28.2 Å². The monoisotopic (exact) mass is 428 g/mol. The largest absolute Gasteiger partial charge is 0.496 e. The number of carbonyl (C=O) groups excluding carboxylic acids is 1. The lowest BCUT2D eigenvalue weighted by molar-refractivity contribution is 0.0945. The molecule has 4 aromatic rings. The van der Waals surface area contributed by atoms with E-state index in [-0.39, 0.29) is 5.91 Å². The highest BCUT2D eigenvalue weighted by Gasteiger charge is 2.18. The predicted octanol–water partition coefficient (Wildman–Crippen LogP) is 5.38. The van der Waals surface area contributed by atoms with E-state index in [1.165, 1.54) is 6.42 Å². The first-order chi connectivity index (χ1) is 15.7. The highest BCUT2D eigenvalue weighted by molar-refractivity contribution is 5.94. The molecule has 0 unspecified atom stereocenters. The van der Waals surface area contributed by atoms with Crippen LogP contribution in [0.1, 0.15) is 43.1 Å². The van der Waals surface area contributed by atoms with Gasteiger partial charge in [-0.3, -0.25) is 4.79 Å². The Labute approximate surface area is 188 Å². The fourth-order valence-corrected chi connectivity index (χ4v) is 3.72. The molecule has 2 aromatic carbocycles. The molecule has 1 N–H and O–H groups in total. The van der Waals surface area contributed by atoms with E-state index in [1.807, 2.05) is 60.7 Å². The van der Waals surface area contributed by atoms with Gasteiger partial charge in [0.1, 0.15) is 11.4 Å². The lowest BCUT2D eigenvalue weighted by atomic mass is 10.1. The number of para-hydroxylation sites is 1. The topological polar surface area (TPSA) is 68.5 Å². The Morgan fingerprint density at radius 2 is 1.75 bits per heavy atom. The summed E-state index contributed by atoms with van der Waals surface area (Å²) in [5, 5.41) is 7.75. The fourth-order valence-electron chi connectivity index (χ4n) is 3.72. The van der Waals surface area contributed by atoms with Crippen molar-refractivity contribution in [1.29, 1.82) is 0 Å². The van der Waals surface area contributed by atoms with Crippen LogP contribution >= 0.6 is 0 Å². The first-order valence-electron chi connectivity index (χ1n) is 11.1. The predicted molar refractivity (Wildman–Crippen MR) is 127 cm³/mol. The maximum absolute atomic E-state index is 13.1. The van der Waals surface area contributed by atoms with Crippen LogP contribution < -0.4 is 10.1 Å². The lowest BCUT2D eigenvalue weighted by Crippen LogP contribution is -2.27. The molecule has 6 nitrogen and oxygen atoms in total. The molecule has 0 spiro atoms. The summed E-state index contributed by atoms with van der Waals surface area (Å²) in [4.78, 5) is 17.9. The zero-order chi connectivity index (χ0) is 22.3. The van der Waals surface area contributed by atoms with Crippen molar-refractivity contribution in [2.24, 2.45) is 0 Å². The van der Waals surface area contributed by atoms with Crippen LogP contribution in [0.2, 0.25) is 0 Å². The van der Waals surface area contributed by atoms with Gasteiger partial charge in [0, 0.05) is 23.7 Å². The van der Waals surface area contributed by atoms with Gasteiger partial charge in [-0.05, 0) is 24.6 Å². The average molecular weight is 429 g/mol. The minimum Gasteiger partial charge on any atom is -0.496 e. The van der Waals surface area contributed by atoms with Crippen molar-refractivity contribution in [2.45, 2.75) is 32.6 Å². The number of carbonyl (C=O) groups is 1. The Hall–Kier alpha value is -3.67. The van der Waals surface area contributed by atoms with E-state index < -0.39 is 0 Å². The van der Waals surface area contributed by atoms with Gasteiger partial charge in [-0.2, -0.15) is 5.10 Å². The summed E-state index contributed by atoms with van der Waals surface area (Å²) in [5.41, 5.74) is 4.31. The number of aromatic nitrogens is 3. The number of unbranched alkanes of at least 4 members (excludes halogenated alkanes) is 3. The van der Waals surface area contributed by atoms with Crippen molar-refractivity contribution in [3.63, 3.8) is 0 Å². The molecule has 2 aromatic heterocycles. The summed E-state index contributed by atoms with van der Waals surface area (Å²) in [6.07, 6.45) is 4.40. The van der Waals surface area contributed by atoms with Crippen LogP contribution in [-0.2, 0) is 0 Å². The van der Waals surface area contributed by atoms with Crippen molar-refractivity contribution < 1.29 is 9.53 Å². The third kappa shape index (κ3) is 4.64. The number of methoxy groups -OCH3 is 1. The quantitative estimate of drug-likeness (QED) is 0.363. The van der Waals surface area contributed by atoms with Crippen molar-refractivity contribution >= 4 is 11.6 Å². The maximum atomic E-state index is 13.1. The first-order valence-corrected chi connectivity index (χ1v) is 11.1. The number of hydrogen-bond donors (Lipinski definition) is 1. The number of ether oxygens (including phenoxy) is 1. The van der Waals surface area contributed by atoms with Crippen molar-refractivity contribution in [2.75, 3.05) is 13.7 Å². The standard InChI is InChI=1S/C26H28N4O2/c1-3-4-5-11-16-27-26(31)23-17-22(20-14-9-10-15-24(20)32-2)28-25-18-21(29-30(23)25)19-12-7-6-8-13-19/h6-10,12-15,17-18H,3-5,11,16H2,1-2H3,(H,27,31). The van der Waals surface area contributed by atoms with Gasteiger partial charge in [-0.15, -0.1) is 0 Å².